The Bertz CT molecular complexity index is 105. The number of rotatable bonds is 5. The van der Waals surface area contributed by atoms with Crippen LogP contribution >= 0.6 is 0 Å². The summed E-state index contributed by atoms with van der Waals surface area (Å²) in [5.41, 5.74) is 0. The SMILES string of the molecule is C=CCC1CC1CCCC. The van der Waals surface area contributed by atoms with Crippen molar-refractivity contribution >= 4 is 0 Å². The van der Waals surface area contributed by atoms with Crippen LogP contribution in [0, 0.1) is 11.8 Å². The molecule has 2 atom stereocenters. The molecule has 0 N–H and O–H groups in total. The van der Waals surface area contributed by atoms with Gasteiger partial charge in [0.05, 0.1) is 0 Å². The molecule has 0 heterocycles. The zero-order chi connectivity index (χ0) is 7.40. The van der Waals surface area contributed by atoms with Crippen LogP contribution in [0.4, 0.5) is 0 Å². The first kappa shape index (κ1) is 7.84. The van der Waals surface area contributed by atoms with E-state index in [1.54, 1.807) is 0 Å². The van der Waals surface area contributed by atoms with Crippen LogP contribution in [0.15, 0.2) is 12.7 Å². The van der Waals surface area contributed by atoms with Gasteiger partial charge in [-0.05, 0) is 24.7 Å². The van der Waals surface area contributed by atoms with Gasteiger partial charge < -0.3 is 0 Å². The highest BCUT2D eigenvalue weighted by Crippen LogP contribution is 2.44. The van der Waals surface area contributed by atoms with Crippen molar-refractivity contribution < 1.29 is 0 Å². The maximum atomic E-state index is 3.76. The maximum absolute atomic E-state index is 3.76. The Labute approximate surface area is 64.3 Å². The van der Waals surface area contributed by atoms with Crippen molar-refractivity contribution in [3.63, 3.8) is 0 Å². The summed E-state index contributed by atoms with van der Waals surface area (Å²) in [6, 6.07) is 0. The Kier molecular flexibility index (Phi) is 2.98. The molecule has 58 valence electrons. The Morgan fingerprint density at radius 1 is 1.50 bits per heavy atom. The van der Waals surface area contributed by atoms with Crippen LogP contribution in [0.3, 0.4) is 0 Å². The summed E-state index contributed by atoms with van der Waals surface area (Å²) < 4.78 is 0. The average Bonchev–Trinajstić information content (AvgIpc) is 2.65. The molecule has 0 bridgehead atoms. The second-order valence-electron chi connectivity index (χ2n) is 3.42. The monoisotopic (exact) mass is 138 g/mol. The van der Waals surface area contributed by atoms with Gasteiger partial charge in [-0.3, -0.25) is 0 Å². The number of unbranched alkanes of at least 4 members (excludes halogenated alkanes) is 1. The van der Waals surface area contributed by atoms with Crippen LogP contribution in [-0.4, -0.2) is 0 Å². The Balaban J connectivity index is 1.96. The van der Waals surface area contributed by atoms with Gasteiger partial charge in [0.25, 0.3) is 0 Å². The van der Waals surface area contributed by atoms with E-state index >= 15 is 0 Å². The highest BCUT2D eigenvalue weighted by molar-refractivity contribution is 4.90. The molecule has 1 saturated carbocycles. The molecule has 0 nitrogen and oxygen atoms in total. The predicted molar refractivity (Wildman–Crippen MR) is 45.9 cm³/mol. The summed E-state index contributed by atoms with van der Waals surface area (Å²) in [4.78, 5) is 0. The van der Waals surface area contributed by atoms with E-state index in [1.165, 1.54) is 32.1 Å². The van der Waals surface area contributed by atoms with Gasteiger partial charge in [-0.1, -0.05) is 32.3 Å². The lowest BCUT2D eigenvalue weighted by Gasteiger charge is -1.94. The fourth-order valence-corrected chi connectivity index (χ4v) is 1.63. The molecule has 0 heteroatoms. The van der Waals surface area contributed by atoms with Crippen molar-refractivity contribution in [2.75, 3.05) is 0 Å². The van der Waals surface area contributed by atoms with E-state index in [9.17, 15) is 0 Å². The molecule has 0 spiro atoms. The van der Waals surface area contributed by atoms with E-state index in [-0.39, 0.29) is 0 Å². The molecule has 1 fully saturated rings. The molecule has 0 saturated heterocycles. The molecule has 0 aromatic carbocycles. The molecular formula is C10H18. The smallest absolute Gasteiger partial charge is 0.0322 e. The van der Waals surface area contributed by atoms with Gasteiger partial charge in [-0.2, -0.15) is 0 Å². The van der Waals surface area contributed by atoms with Gasteiger partial charge in [0.15, 0.2) is 0 Å². The minimum Gasteiger partial charge on any atom is -0.103 e. The molecule has 0 aromatic heterocycles. The Morgan fingerprint density at radius 3 is 2.90 bits per heavy atom. The van der Waals surface area contributed by atoms with E-state index in [4.69, 9.17) is 0 Å². The van der Waals surface area contributed by atoms with Crippen molar-refractivity contribution in [3.05, 3.63) is 12.7 Å². The van der Waals surface area contributed by atoms with Crippen molar-refractivity contribution in [1.29, 1.82) is 0 Å². The lowest BCUT2D eigenvalue weighted by Crippen LogP contribution is -1.80. The minimum absolute atomic E-state index is 1.02. The van der Waals surface area contributed by atoms with Gasteiger partial charge in [0, 0.05) is 0 Å². The standard InChI is InChI=1S/C10H18/c1-3-5-7-10-8-9(10)6-4-2/h4,9-10H,2-3,5-8H2,1H3. The molecule has 0 amide bonds. The van der Waals surface area contributed by atoms with Crippen LogP contribution in [0.25, 0.3) is 0 Å². The lowest BCUT2D eigenvalue weighted by molar-refractivity contribution is 0.605. The van der Waals surface area contributed by atoms with E-state index < -0.39 is 0 Å². The molecule has 1 aliphatic rings. The van der Waals surface area contributed by atoms with Crippen LogP contribution in [0.1, 0.15) is 39.0 Å². The molecule has 0 aromatic rings. The number of hydrogen-bond acceptors (Lipinski definition) is 0. The lowest BCUT2D eigenvalue weighted by atomic mass is 10.1. The first-order valence-electron chi connectivity index (χ1n) is 4.49. The summed E-state index contributed by atoms with van der Waals surface area (Å²) in [5, 5.41) is 0. The summed E-state index contributed by atoms with van der Waals surface area (Å²) in [5.74, 6) is 2.09. The summed E-state index contributed by atoms with van der Waals surface area (Å²) in [6.07, 6.45) is 9.06. The third-order valence-corrected chi connectivity index (χ3v) is 2.47. The summed E-state index contributed by atoms with van der Waals surface area (Å²) in [7, 11) is 0. The number of allylic oxidation sites excluding steroid dienone is 1. The topological polar surface area (TPSA) is 0 Å². The molecular weight excluding hydrogens is 120 g/mol. The van der Waals surface area contributed by atoms with Crippen LogP contribution in [0.5, 0.6) is 0 Å². The van der Waals surface area contributed by atoms with Crippen molar-refractivity contribution in [1.82, 2.24) is 0 Å². The molecule has 2 unspecified atom stereocenters. The van der Waals surface area contributed by atoms with E-state index in [1.807, 2.05) is 0 Å². The summed E-state index contributed by atoms with van der Waals surface area (Å²) in [6.45, 7) is 6.02. The summed E-state index contributed by atoms with van der Waals surface area (Å²) >= 11 is 0. The van der Waals surface area contributed by atoms with Gasteiger partial charge in [-0.25, -0.2) is 0 Å². The van der Waals surface area contributed by atoms with Crippen molar-refractivity contribution in [3.8, 4) is 0 Å². The molecule has 0 radical (unpaired) electrons. The molecule has 1 aliphatic carbocycles. The van der Waals surface area contributed by atoms with Gasteiger partial charge in [0.1, 0.15) is 0 Å². The van der Waals surface area contributed by atoms with Gasteiger partial charge >= 0.3 is 0 Å². The minimum atomic E-state index is 1.02. The molecule has 1 rings (SSSR count). The van der Waals surface area contributed by atoms with Gasteiger partial charge in [-0.15, -0.1) is 6.58 Å². The van der Waals surface area contributed by atoms with E-state index in [2.05, 4.69) is 19.6 Å². The van der Waals surface area contributed by atoms with Crippen LogP contribution < -0.4 is 0 Å². The molecule has 10 heavy (non-hydrogen) atoms. The fourth-order valence-electron chi connectivity index (χ4n) is 1.63. The van der Waals surface area contributed by atoms with E-state index in [0.717, 1.165) is 11.8 Å². The highest BCUT2D eigenvalue weighted by atomic mass is 14.4. The Hall–Kier alpha value is -0.260. The zero-order valence-electron chi connectivity index (χ0n) is 6.97. The Morgan fingerprint density at radius 2 is 2.30 bits per heavy atom. The van der Waals surface area contributed by atoms with Crippen molar-refractivity contribution in [2.24, 2.45) is 11.8 Å². The largest absolute Gasteiger partial charge is 0.103 e. The molecule has 0 aliphatic heterocycles. The maximum Gasteiger partial charge on any atom is -0.0322 e. The average molecular weight is 138 g/mol. The predicted octanol–water partition coefficient (Wildman–Crippen LogP) is 3.39. The fraction of sp³-hybridized carbons (Fsp3) is 0.800. The first-order chi connectivity index (χ1) is 4.88. The van der Waals surface area contributed by atoms with Crippen LogP contribution in [0.2, 0.25) is 0 Å². The quantitative estimate of drug-likeness (QED) is 0.511. The second kappa shape index (κ2) is 3.80. The zero-order valence-corrected chi connectivity index (χ0v) is 6.97. The van der Waals surface area contributed by atoms with Gasteiger partial charge in [0.2, 0.25) is 0 Å². The van der Waals surface area contributed by atoms with Crippen molar-refractivity contribution in [2.45, 2.75) is 39.0 Å². The first-order valence-corrected chi connectivity index (χ1v) is 4.49. The third kappa shape index (κ3) is 2.17. The number of hydrogen-bond donors (Lipinski definition) is 0. The van der Waals surface area contributed by atoms with Crippen LogP contribution in [-0.2, 0) is 0 Å². The second-order valence-corrected chi connectivity index (χ2v) is 3.42. The highest BCUT2D eigenvalue weighted by Gasteiger charge is 2.34. The third-order valence-electron chi connectivity index (χ3n) is 2.47. The normalized spacial score (nSPS) is 30.1. The van der Waals surface area contributed by atoms with E-state index in [0.29, 0.717) is 0 Å².